The Labute approximate surface area is 143 Å². The van der Waals surface area contributed by atoms with E-state index < -0.39 is 32.3 Å². The molecule has 0 amide bonds. The molecule has 0 heterocycles. The number of phenols is 1. The Morgan fingerprint density at radius 3 is 2.16 bits per heavy atom. The number of carboxylic acid groups (broad SMARTS) is 1. The van der Waals surface area contributed by atoms with Crippen molar-refractivity contribution in [2.24, 2.45) is 0 Å². The van der Waals surface area contributed by atoms with Crippen molar-refractivity contribution in [1.29, 1.82) is 0 Å². The molecule has 9 N–H and O–H groups in total. The molecule has 0 bridgehead atoms. The van der Waals surface area contributed by atoms with E-state index in [1.54, 1.807) is 7.11 Å². The van der Waals surface area contributed by atoms with Gasteiger partial charge in [-0.2, -0.15) is 0 Å². The van der Waals surface area contributed by atoms with Gasteiger partial charge in [0, 0.05) is 6.07 Å². The average molecular weight is 377 g/mol. The molecule has 140 valence electrons. The topological polar surface area (TPSA) is 215 Å². The van der Waals surface area contributed by atoms with Crippen molar-refractivity contribution in [2.45, 2.75) is 4.90 Å². The smallest absolute Gasteiger partial charge is 0.339 e. The number of aromatic carboxylic acids is 1. The third-order valence-electron chi connectivity index (χ3n) is 2.62. The van der Waals surface area contributed by atoms with Crippen molar-refractivity contribution >= 4 is 21.8 Å². The van der Waals surface area contributed by atoms with Gasteiger partial charge in [0.25, 0.3) is 0 Å². The number of aromatic hydroxyl groups is 1. The fourth-order valence-electron chi connectivity index (χ4n) is 1.51. The van der Waals surface area contributed by atoms with Crippen LogP contribution in [0.15, 0.2) is 47.4 Å². The summed E-state index contributed by atoms with van der Waals surface area (Å²) in [5.74, 6) is -1.24. The molecule has 0 fully saturated rings. The van der Waals surface area contributed by atoms with E-state index in [2.05, 4.69) is 5.73 Å². The Morgan fingerprint density at radius 2 is 1.76 bits per heavy atom. The lowest BCUT2D eigenvalue weighted by atomic mass is 10.2. The van der Waals surface area contributed by atoms with Crippen LogP contribution in [0.25, 0.3) is 0 Å². The summed E-state index contributed by atoms with van der Waals surface area (Å²) in [7, 11) is -3.05. The number of carbonyl (C=O) groups is 1. The highest BCUT2D eigenvalue weighted by molar-refractivity contribution is 7.85. The quantitative estimate of drug-likeness (QED) is 0.561. The van der Waals surface area contributed by atoms with Crippen LogP contribution in [-0.4, -0.2) is 47.2 Å². The maximum Gasteiger partial charge on any atom is 0.339 e. The minimum absolute atomic E-state index is 0. The number of ether oxygens (including phenoxy) is 1. The van der Waals surface area contributed by atoms with Crippen LogP contribution in [0.4, 0.5) is 5.69 Å². The van der Waals surface area contributed by atoms with E-state index in [0.29, 0.717) is 6.07 Å². The van der Waals surface area contributed by atoms with Crippen molar-refractivity contribution in [3.8, 4) is 11.5 Å². The van der Waals surface area contributed by atoms with Gasteiger partial charge in [-0.15, -0.1) is 0 Å². The molecule has 0 aromatic heterocycles. The van der Waals surface area contributed by atoms with E-state index in [1.807, 2.05) is 24.3 Å². The zero-order valence-corrected chi connectivity index (χ0v) is 13.9. The zero-order valence-electron chi connectivity index (χ0n) is 13.1. The minimum atomic E-state index is -4.70. The molecule has 25 heavy (non-hydrogen) atoms. The van der Waals surface area contributed by atoms with E-state index in [-0.39, 0.29) is 11.0 Å². The third kappa shape index (κ3) is 7.60. The molecule has 0 radical (unpaired) electrons. The first-order chi connectivity index (χ1) is 10.6. The molecular formula is C14H19NO9S. The number of hydrogen-bond acceptors (Lipinski definition) is 6. The third-order valence-corrected chi connectivity index (χ3v) is 3.45. The van der Waals surface area contributed by atoms with E-state index in [0.717, 1.165) is 23.6 Å². The highest BCUT2D eigenvalue weighted by Crippen LogP contribution is 2.20. The summed E-state index contributed by atoms with van der Waals surface area (Å²) in [6, 6.07) is 9.93. The first kappa shape index (κ1) is 24.6. The second kappa shape index (κ2) is 10.2. The number of carboxylic acids is 1. The number of methoxy groups -OCH3 is 1. The van der Waals surface area contributed by atoms with E-state index in [4.69, 9.17) is 14.9 Å². The normalized spacial score (nSPS) is 9.56. The second-order valence-corrected chi connectivity index (χ2v) is 5.67. The van der Waals surface area contributed by atoms with Crippen molar-refractivity contribution in [1.82, 2.24) is 0 Å². The molecule has 10 nitrogen and oxygen atoms in total. The summed E-state index contributed by atoms with van der Waals surface area (Å²) in [4.78, 5) is 9.76. The Balaban J connectivity index is 0. The molecule has 2 aromatic rings. The standard InChI is InChI=1S/C7H9NO.C7H6O6S.2H2O/c1-9-7-4-2-3-6(8)5-7;8-6-2-1-4(14(11,12)13)3-5(6)7(9)10;;/h2-5H,8H2,1H3;1-3,8H,(H,9,10)(H,11,12,13);2*1H2. The first-order valence-electron chi connectivity index (χ1n) is 6.13. The maximum absolute atomic E-state index is 10.5. The molecule has 0 spiro atoms. The van der Waals surface area contributed by atoms with Crippen molar-refractivity contribution in [3.05, 3.63) is 48.0 Å². The molecule has 2 rings (SSSR count). The van der Waals surface area contributed by atoms with Crippen LogP contribution < -0.4 is 10.5 Å². The van der Waals surface area contributed by atoms with Crippen molar-refractivity contribution < 1.29 is 49.4 Å². The fourth-order valence-corrected chi connectivity index (χ4v) is 2.01. The van der Waals surface area contributed by atoms with Gasteiger partial charge in [0.15, 0.2) is 0 Å². The van der Waals surface area contributed by atoms with Gasteiger partial charge >= 0.3 is 5.97 Å². The Hall–Kier alpha value is -2.70. The van der Waals surface area contributed by atoms with E-state index in [9.17, 15) is 17.8 Å². The zero-order chi connectivity index (χ0) is 17.6. The summed E-state index contributed by atoms with van der Waals surface area (Å²) in [6.45, 7) is 0. The minimum Gasteiger partial charge on any atom is -0.744 e. The van der Waals surface area contributed by atoms with E-state index in [1.165, 1.54) is 0 Å². The molecule has 0 atom stereocenters. The average Bonchev–Trinajstić information content (AvgIpc) is 2.46. The lowest BCUT2D eigenvalue weighted by molar-refractivity contribution is -0.254. The van der Waals surface area contributed by atoms with Gasteiger partial charge < -0.3 is 36.2 Å². The van der Waals surface area contributed by atoms with Crippen LogP contribution in [0.5, 0.6) is 11.5 Å². The molecule has 0 aliphatic carbocycles. The lowest BCUT2D eigenvalue weighted by Crippen LogP contribution is -2.39. The molecule has 0 saturated heterocycles. The maximum atomic E-state index is 10.5. The van der Waals surface area contributed by atoms with Gasteiger partial charge in [-0.05, 0) is 30.3 Å². The van der Waals surface area contributed by atoms with Crippen LogP contribution >= 0.6 is 0 Å². The summed E-state index contributed by atoms with van der Waals surface area (Å²) < 4.78 is 36.4. The molecule has 2 aromatic carbocycles. The first-order valence-corrected chi connectivity index (χ1v) is 7.54. The number of benzene rings is 2. The summed E-state index contributed by atoms with van der Waals surface area (Å²) >= 11 is 0. The van der Waals surface area contributed by atoms with Crippen molar-refractivity contribution in [3.63, 3.8) is 0 Å². The van der Waals surface area contributed by atoms with Crippen LogP contribution in [0.3, 0.4) is 0 Å². The van der Waals surface area contributed by atoms with Gasteiger partial charge in [-0.25, -0.2) is 13.2 Å². The fraction of sp³-hybridized carbons (Fsp3) is 0.0714. The van der Waals surface area contributed by atoms with Crippen LogP contribution in [0.2, 0.25) is 0 Å². The van der Waals surface area contributed by atoms with E-state index >= 15 is 0 Å². The summed E-state index contributed by atoms with van der Waals surface area (Å²) in [6.07, 6.45) is 0. The molecule has 0 saturated carbocycles. The van der Waals surface area contributed by atoms with Gasteiger partial charge in [0.1, 0.15) is 32.9 Å². The monoisotopic (exact) mass is 377 g/mol. The Kier molecular flexibility index (Phi) is 10.0. The highest BCUT2D eigenvalue weighted by atomic mass is 32.2. The van der Waals surface area contributed by atoms with Crippen LogP contribution in [-0.2, 0) is 10.1 Å². The molecule has 0 unspecified atom stereocenters. The van der Waals surface area contributed by atoms with Gasteiger partial charge in [0.2, 0.25) is 0 Å². The Morgan fingerprint density at radius 1 is 1.16 bits per heavy atom. The lowest BCUT2D eigenvalue weighted by Gasteiger charge is -2.08. The van der Waals surface area contributed by atoms with Gasteiger partial charge in [-0.3, -0.25) is 0 Å². The summed E-state index contributed by atoms with van der Waals surface area (Å²) in [5, 5.41) is 17.5. The molecule has 0 aliphatic heterocycles. The highest BCUT2D eigenvalue weighted by Gasteiger charge is 2.12. The molecular weight excluding hydrogens is 358 g/mol. The number of quaternary nitrogens is 1. The SMILES string of the molecule is COc1cccc([NH3+])c1.O.O.O=C(O)c1cc(S(=O)(=O)[O-])ccc1O. The summed E-state index contributed by atoms with van der Waals surface area (Å²) in [5.41, 5.74) is 4.11. The largest absolute Gasteiger partial charge is 0.744 e. The molecule has 11 heteroatoms. The van der Waals surface area contributed by atoms with Gasteiger partial charge in [0.05, 0.1) is 12.0 Å². The van der Waals surface area contributed by atoms with Crippen molar-refractivity contribution in [2.75, 3.05) is 7.11 Å². The van der Waals surface area contributed by atoms with Crippen LogP contribution in [0.1, 0.15) is 10.4 Å². The number of hydrogen-bond donors (Lipinski definition) is 3. The van der Waals surface area contributed by atoms with Gasteiger partial charge in [-0.1, -0.05) is 6.07 Å². The predicted molar refractivity (Wildman–Crippen MR) is 85.8 cm³/mol. The van der Waals surface area contributed by atoms with Crippen LogP contribution in [0, 0.1) is 0 Å². The predicted octanol–water partition coefficient (Wildman–Crippen LogP) is -1.09. The number of rotatable bonds is 3. The molecule has 0 aliphatic rings. The second-order valence-electron chi connectivity index (χ2n) is 4.29. The Bertz CT molecular complexity index is 806.